The Morgan fingerprint density at radius 1 is 1.17 bits per heavy atom. The molecule has 0 aliphatic heterocycles. The van der Waals surface area contributed by atoms with Crippen LogP contribution in [0.2, 0.25) is 0 Å². The van der Waals surface area contributed by atoms with Gasteiger partial charge in [0, 0.05) is 28.2 Å². The molecule has 1 aromatic carbocycles. The number of nitrogens with zero attached hydrogens (tertiary/aromatic N) is 1. The van der Waals surface area contributed by atoms with E-state index >= 15 is 0 Å². The lowest BCUT2D eigenvalue weighted by Gasteiger charge is -2.04. The zero-order valence-electron chi connectivity index (χ0n) is 12.7. The number of pyridine rings is 1. The second kappa shape index (κ2) is 5.89. The van der Waals surface area contributed by atoms with E-state index in [4.69, 9.17) is 4.74 Å². The lowest BCUT2D eigenvalue weighted by atomic mass is 10.0. The first kappa shape index (κ1) is 14.0. The fourth-order valence-electron chi connectivity index (χ4n) is 2.78. The molecule has 3 aromatic heterocycles. The summed E-state index contributed by atoms with van der Waals surface area (Å²) in [6.07, 6.45) is 4.84. The number of hydrogen-bond acceptors (Lipinski definition) is 3. The van der Waals surface area contributed by atoms with Crippen molar-refractivity contribution in [3.8, 4) is 16.2 Å². The summed E-state index contributed by atoms with van der Waals surface area (Å²) in [6.45, 7) is 0. The Bertz CT molecular complexity index is 941. The predicted octanol–water partition coefficient (Wildman–Crippen LogP) is 4.89. The van der Waals surface area contributed by atoms with Crippen molar-refractivity contribution >= 4 is 22.4 Å². The fraction of sp³-hybridized carbons (Fsp3) is 0.105. The van der Waals surface area contributed by atoms with Gasteiger partial charge in [-0.15, -0.1) is 11.3 Å². The number of fused-ring (bicyclic) bond motifs is 1. The SMILES string of the molecule is COc1cccc(Cc2c[nH]c3ncc(-c4cccs4)cc23)c1. The highest BCUT2D eigenvalue weighted by molar-refractivity contribution is 7.13. The van der Waals surface area contributed by atoms with Crippen molar-refractivity contribution in [1.29, 1.82) is 0 Å². The predicted molar refractivity (Wildman–Crippen MR) is 95.2 cm³/mol. The topological polar surface area (TPSA) is 37.9 Å². The highest BCUT2D eigenvalue weighted by atomic mass is 32.1. The third-order valence-corrected chi connectivity index (χ3v) is 4.87. The van der Waals surface area contributed by atoms with Gasteiger partial charge in [0.25, 0.3) is 0 Å². The third kappa shape index (κ3) is 2.73. The largest absolute Gasteiger partial charge is 0.497 e. The van der Waals surface area contributed by atoms with Gasteiger partial charge in [-0.05, 0) is 47.2 Å². The summed E-state index contributed by atoms with van der Waals surface area (Å²) < 4.78 is 5.31. The smallest absolute Gasteiger partial charge is 0.137 e. The first-order valence-corrected chi connectivity index (χ1v) is 8.34. The number of nitrogens with one attached hydrogen (secondary N) is 1. The zero-order chi connectivity index (χ0) is 15.6. The van der Waals surface area contributed by atoms with Gasteiger partial charge >= 0.3 is 0 Å². The zero-order valence-corrected chi connectivity index (χ0v) is 13.6. The van der Waals surface area contributed by atoms with E-state index in [1.54, 1.807) is 18.4 Å². The second-order valence-corrected chi connectivity index (χ2v) is 6.39. The Labute approximate surface area is 138 Å². The van der Waals surface area contributed by atoms with Gasteiger partial charge in [-0.25, -0.2) is 4.98 Å². The van der Waals surface area contributed by atoms with Crippen LogP contribution in [0.5, 0.6) is 5.75 Å². The average molecular weight is 320 g/mol. The number of ether oxygens (including phenoxy) is 1. The molecule has 0 saturated carbocycles. The Morgan fingerprint density at radius 3 is 2.96 bits per heavy atom. The molecule has 0 spiro atoms. The van der Waals surface area contributed by atoms with Crippen molar-refractivity contribution < 1.29 is 4.74 Å². The van der Waals surface area contributed by atoms with Crippen LogP contribution >= 0.6 is 11.3 Å². The summed E-state index contributed by atoms with van der Waals surface area (Å²) in [5, 5.41) is 3.27. The minimum atomic E-state index is 0.854. The minimum Gasteiger partial charge on any atom is -0.497 e. The normalized spacial score (nSPS) is 11.0. The molecule has 0 aliphatic carbocycles. The van der Waals surface area contributed by atoms with E-state index in [-0.39, 0.29) is 0 Å². The van der Waals surface area contributed by atoms with Crippen LogP contribution in [-0.4, -0.2) is 17.1 Å². The molecule has 0 atom stereocenters. The Hall–Kier alpha value is -2.59. The van der Waals surface area contributed by atoms with Gasteiger partial charge in [0.1, 0.15) is 11.4 Å². The number of hydrogen-bond donors (Lipinski definition) is 1. The molecule has 0 radical (unpaired) electrons. The van der Waals surface area contributed by atoms with Gasteiger partial charge < -0.3 is 9.72 Å². The van der Waals surface area contributed by atoms with E-state index in [9.17, 15) is 0 Å². The fourth-order valence-corrected chi connectivity index (χ4v) is 3.49. The molecule has 4 aromatic rings. The maximum Gasteiger partial charge on any atom is 0.137 e. The molecule has 4 heteroatoms. The van der Waals surface area contributed by atoms with Crippen molar-refractivity contribution in [2.45, 2.75) is 6.42 Å². The monoisotopic (exact) mass is 320 g/mol. The molecule has 3 heterocycles. The molecule has 0 bridgehead atoms. The van der Waals surface area contributed by atoms with Crippen LogP contribution in [0.3, 0.4) is 0 Å². The van der Waals surface area contributed by atoms with E-state index < -0.39 is 0 Å². The maximum atomic E-state index is 5.31. The molecule has 0 amide bonds. The van der Waals surface area contributed by atoms with Crippen molar-refractivity contribution in [1.82, 2.24) is 9.97 Å². The van der Waals surface area contributed by atoms with Crippen LogP contribution in [0.1, 0.15) is 11.1 Å². The van der Waals surface area contributed by atoms with Crippen LogP contribution in [0.25, 0.3) is 21.5 Å². The van der Waals surface area contributed by atoms with Crippen LogP contribution < -0.4 is 4.74 Å². The first-order chi connectivity index (χ1) is 11.3. The molecular formula is C19H16N2OS. The molecule has 114 valence electrons. The Kier molecular flexibility index (Phi) is 3.60. The summed E-state index contributed by atoms with van der Waals surface area (Å²) >= 11 is 1.74. The van der Waals surface area contributed by atoms with Crippen molar-refractivity contribution in [2.75, 3.05) is 7.11 Å². The lowest BCUT2D eigenvalue weighted by molar-refractivity contribution is 0.414. The standard InChI is InChI=1S/C19H16N2OS/c1-22-16-5-2-4-13(9-16)8-14-11-20-19-17(14)10-15(12-21-19)18-6-3-7-23-18/h2-7,9-12H,8H2,1H3,(H,20,21). The van der Waals surface area contributed by atoms with Gasteiger partial charge in [0.2, 0.25) is 0 Å². The van der Waals surface area contributed by atoms with Crippen molar-refractivity contribution in [2.24, 2.45) is 0 Å². The Morgan fingerprint density at radius 2 is 2.13 bits per heavy atom. The number of H-pyrrole nitrogens is 1. The number of aromatic nitrogens is 2. The quantitative estimate of drug-likeness (QED) is 0.581. The summed E-state index contributed by atoms with van der Waals surface area (Å²) in [4.78, 5) is 9.07. The summed E-state index contributed by atoms with van der Waals surface area (Å²) in [6, 6.07) is 14.6. The summed E-state index contributed by atoms with van der Waals surface area (Å²) in [5.74, 6) is 0.889. The van der Waals surface area contributed by atoms with Gasteiger partial charge in [0.05, 0.1) is 7.11 Å². The van der Waals surface area contributed by atoms with Crippen LogP contribution in [0, 0.1) is 0 Å². The number of thiophene rings is 1. The highest BCUT2D eigenvalue weighted by Gasteiger charge is 2.09. The van der Waals surface area contributed by atoms with Gasteiger partial charge in [0.15, 0.2) is 0 Å². The van der Waals surface area contributed by atoms with E-state index in [1.165, 1.54) is 27.0 Å². The number of methoxy groups -OCH3 is 1. The third-order valence-electron chi connectivity index (χ3n) is 3.95. The maximum absolute atomic E-state index is 5.31. The molecule has 0 unspecified atom stereocenters. The lowest BCUT2D eigenvalue weighted by Crippen LogP contribution is -1.89. The van der Waals surface area contributed by atoms with Crippen molar-refractivity contribution in [3.63, 3.8) is 0 Å². The van der Waals surface area contributed by atoms with Crippen LogP contribution in [-0.2, 0) is 6.42 Å². The molecular weight excluding hydrogens is 304 g/mol. The number of aromatic amines is 1. The van der Waals surface area contributed by atoms with E-state index in [0.717, 1.165) is 17.8 Å². The van der Waals surface area contributed by atoms with E-state index in [2.05, 4.69) is 51.9 Å². The van der Waals surface area contributed by atoms with Gasteiger partial charge in [-0.3, -0.25) is 0 Å². The molecule has 23 heavy (non-hydrogen) atoms. The second-order valence-electron chi connectivity index (χ2n) is 5.44. The Balaban J connectivity index is 1.73. The molecule has 0 fully saturated rings. The molecule has 0 saturated heterocycles. The highest BCUT2D eigenvalue weighted by Crippen LogP contribution is 2.29. The van der Waals surface area contributed by atoms with Crippen LogP contribution in [0.15, 0.2) is 60.2 Å². The summed E-state index contributed by atoms with van der Waals surface area (Å²) in [5.41, 5.74) is 4.58. The molecule has 1 N–H and O–H groups in total. The first-order valence-electron chi connectivity index (χ1n) is 7.46. The van der Waals surface area contributed by atoms with Gasteiger partial charge in [-0.2, -0.15) is 0 Å². The minimum absolute atomic E-state index is 0.854. The molecule has 4 rings (SSSR count). The van der Waals surface area contributed by atoms with Gasteiger partial charge in [-0.1, -0.05) is 18.2 Å². The number of benzene rings is 1. The van der Waals surface area contributed by atoms with Crippen LogP contribution in [0.4, 0.5) is 0 Å². The number of rotatable bonds is 4. The van der Waals surface area contributed by atoms with Crippen molar-refractivity contribution in [3.05, 3.63) is 71.4 Å². The summed E-state index contributed by atoms with van der Waals surface area (Å²) in [7, 11) is 1.70. The van der Waals surface area contributed by atoms with E-state index in [0.29, 0.717) is 0 Å². The average Bonchev–Trinajstić information content (AvgIpc) is 3.25. The van der Waals surface area contributed by atoms with E-state index in [1.807, 2.05) is 18.3 Å². The molecule has 3 nitrogen and oxygen atoms in total. The molecule has 0 aliphatic rings.